The number of hydrogen-bond donors (Lipinski definition) is 1. The van der Waals surface area contributed by atoms with Crippen molar-refractivity contribution in [3.8, 4) is 0 Å². The Balaban J connectivity index is 2.14. The van der Waals surface area contributed by atoms with Crippen LogP contribution in [0.3, 0.4) is 0 Å². The van der Waals surface area contributed by atoms with E-state index in [2.05, 4.69) is 55.3 Å². The molecule has 1 atom stereocenters. The fourth-order valence-corrected chi connectivity index (χ4v) is 3.09. The topological polar surface area (TPSA) is 15.3 Å². The first-order valence-electron chi connectivity index (χ1n) is 7.78. The third kappa shape index (κ3) is 3.58. The standard InChI is InChI=1S/C17H28N2/c1-4-5-8-11-19(14(2)3)17-13-18-12-15-9-6-7-10-16(15)17/h6-7,9-10,14,17-18H,4-5,8,11-13H2,1-3H3. The predicted octanol–water partition coefficient (Wildman–Crippen LogP) is 3.73. The van der Waals surface area contributed by atoms with Crippen molar-refractivity contribution in [2.75, 3.05) is 13.1 Å². The summed E-state index contributed by atoms with van der Waals surface area (Å²) < 4.78 is 0. The molecular formula is C17H28N2. The minimum Gasteiger partial charge on any atom is -0.311 e. The predicted molar refractivity (Wildman–Crippen MR) is 82.3 cm³/mol. The monoisotopic (exact) mass is 260 g/mol. The lowest BCUT2D eigenvalue weighted by molar-refractivity contribution is 0.141. The first-order valence-corrected chi connectivity index (χ1v) is 7.78. The summed E-state index contributed by atoms with van der Waals surface area (Å²) in [6.07, 6.45) is 3.95. The third-order valence-electron chi connectivity index (χ3n) is 4.15. The highest BCUT2D eigenvalue weighted by Gasteiger charge is 2.26. The van der Waals surface area contributed by atoms with Gasteiger partial charge in [0.1, 0.15) is 0 Å². The van der Waals surface area contributed by atoms with Crippen molar-refractivity contribution >= 4 is 0 Å². The highest BCUT2D eigenvalue weighted by Crippen LogP contribution is 2.28. The summed E-state index contributed by atoms with van der Waals surface area (Å²) in [5, 5.41) is 3.58. The van der Waals surface area contributed by atoms with Gasteiger partial charge < -0.3 is 5.32 Å². The lowest BCUT2D eigenvalue weighted by atomic mass is 9.94. The molecule has 0 amide bonds. The number of nitrogens with zero attached hydrogens (tertiary/aromatic N) is 1. The molecule has 0 spiro atoms. The Labute approximate surface area is 118 Å². The Kier molecular flexibility index (Phi) is 5.41. The van der Waals surface area contributed by atoms with Crippen molar-refractivity contribution in [2.24, 2.45) is 0 Å². The Morgan fingerprint density at radius 2 is 2.05 bits per heavy atom. The van der Waals surface area contributed by atoms with Gasteiger partial charge in [-0.3, -0.25) is 4.90 Å². The summed E-state index contributed by atoms with van der Waals surface area (Å²) in [7, 11) is 0. The average molecular weight is 260 g/mol. The van der Waals surface area contributed by atoms with E-state index in [1.165, 1.54) is 36.9 Å². The summed E-state index contributed by atoms with van der Waals surface area (Å²) in [5.74, 6) is 0. The molecule has 2 heteroatoms. The molecule has 0 aliphatic carbocycles. The van der Waals surface area contributed by atoms with E-state index >= 15 is 0 Å². The van der Waals surface area contributed by atoms with Gasteiger partial charge >= 0.3 is 0 Å². The zero-order chi connectivity index (χ0) is 13.7. The van der Waals surface area contributed by atoms with Crippen LogP contribution < -0.4 is 5.32 Å². The van der Waals surface area contributed by atoms with E-state index in [1.54, 1.807) is 0 Å². The maximum atomic E-state index is 3.58. The van der Waals surface area contributed by atoms with Crippen LogP contribution in [0.15, 0.2) is 24.3 Å². The van der Waals surface area contributed by atoms with Gasteiger partial charge in [0.2, 0.25) is 0 Å². The number of unbranched alkanes of at least 4 members (excludes halogenated alkanes) is 2. The normalized spacial score (nSPS) is 18.9. The molecule has 0 fully saturated rings. The van der Waals surface area contributed by atoms with Gasteiger partial charge in [-0.05, 0) is 37.9 Å². The van der Waals surface area contributed by atoms with Crippen LogP contribution in [-0.2, 0) is 6.54 Å². The Hall–Kier alpha value is -0.860. The molecule has 0 aromatic heterocycles. The fraction of sp³-hybridized carbons (Fsp3) is 0.647. The highest BCUT2D eigenvalue weighted by atomic mass is 15.2. The van der Waals surface area contributed by atoms with Crippen LogP contribution in [0.25, 0.3) is 0 Å². The van der Waals surface area contributed by atoms with Crippen LogP contribution in [0.5, 0.6) is 0 Å². The molecule has 1 N–H and O–H groups in total. The van der Waals surface area contributed by atoms with Crippen molar-refractivity contribution < 1.29 is 0 Å². The largest absolute Gasteiger partial charge is 0.311 e. The molecule has 1 aliphatic rings. The van der Waals surface area contributed by atoms with Gasteiger partial charge in [-0.15, -0.1) is 0 Å². The summed E-state index contributed by atoms with van der Waals surface area (Å²) in [6.45, 7) is 10.2. The molecule has 1 aromatic rings. The van der Waals surface area contributed by atoms with Crippen LogP contribution in [0.1, 0.15) is 57.2 Å². The van der Waals surface area contributed by atoms with Gasteiger partial charge in [0.05, 0.1) is 0 Å². The van der Waals surface area contributed by atoms with Gasteiger partial charge in [0.15, 0.2) is 0 Å². The second-order valence-corrected chi connectivity index (χ2v) is 5.88. The molecule has 0 bridgehead atoms. The number of nitrogens with one attached hydrogen (secondary N) is 1. The van der Waals surface area contributed by atoms with Gasteiger partial charge in [-0.1, -0.05) is 44.0 Å². The molecule has 0 saturated carbocycles. The van der Waals surface area contributed by atoms with Crippen molar-refractivity contribution in [2.45, 2.75) is 58.7 Å². The second kappa shape index (κ2) is 7.06. The molecule has 106 valence electrons. The summed E-state index contributed by atoms with van der Waals surface area (Å²) in [6, 6.07) is 10.1. The Bertz CT molecular complexity index is 387. The minimum atomic E-state index is 0.543. The molecule has 2 rings (SSSR count). The first kappa shape index (κ1) is 14.5. The fourth-order valence-electron chi connectivity index (χ4n) is 3.09. The third-order valence-corrected chi connectivity index (χ3v) is 4.15. The molecule has 1 heterocycles. The van der Waals surface area contributed by atoms with E-state index in [0.717, 1.165) is 13.1 Å². The van der Waals surface area contributed by atoms with Crippen molar-refractivity contribution in [3.05, 3.63) is 35.4 Å². The van der Waals surface area contributed by atoms with E-state index in [1.807, 2.05) is 0 Å². The SMILES string of the molecule is CCCCCN(C(C)C)C1CNCc2ccccc21. The van der Waals surface area contributed by atoms with E-state index in [0.29, 0.717) is 12.1 Å². The highest BCUT2D eigenvalue weighted by molar-refractivity contribution is 5.32. The lowest BCUT2D eigenvalue weighted by Crippen LogP contribution is -2.43. The molecule has 19 heavy (non-hydrogen) atoms. The Morgan fingerprint density at radius 3 is 2.79 bits per heavy atom. The quantitative estimate of drug-likeness (QED) is 0.784. The Morgan fingerprint density at radius 1 is 1.26 bits per heavy atom. The molecule has 1 aliphatic heterocycles. The van der Waals surface area contributed by atoms with Crippen LogP contribution in [-0.4, -0.2) is 24.0 Å². The molecule has 0 radical (unpaired) electrons. The number of hydrogen-bond acceptors (Lipinski definition) is 2. The molecule has 0 saturated heterocycles. The maximum absolute atomic E-state index is 3.58. The average Bonchev–Trinajstić information content (AvgIpc) is 2.43. The van der Waals surface area contributed by atoms with Crippen LogP contribution >= 0.6 is 0 Å². The number of fused-ring (bicyclic) bond motifs is 1. The minimum absolute atomic E-state index is 0.543. The number of benzene rings is 1. The smallest absolute Gasteiger partial charge is 0.0478 e. The second-order valence-electron chi connectivity index (χ2n) is 5.88. The van der Waals surface area contributed by atoms with Gasteiger partial charge in [0.25, 0.3) is 0 Å². The first-order chi connectivity index (χ1) is 9.24. The van der Waals surface area contributed by atoms with Crippen LogP contribution in [0.4, 0.5) is 0 Å². The van der Waals surface area contributed by atoms with E-state index in [-0.39, 0.29) is 0 Å². The van der Waals surface area contributed by atoms with Crippen LogP contribution in [0.2, 0.25) is 0 Å². The van der Waals surface area contributed by atoms with E-state index in [9.17, 15) is 0 Å². The summed E-state index contributed by atoms with van der Waals surface area (Å²) in [4.78, 5) is 2.67. The lowest BCUT2D eigenvalue weighted by Gasteiger charge is -2.39. The molecule has 2 nitrogen and oxygen atoms in total. The van der Waals surface area contributed by atoms with Crippen LogP contribution in [0, 0.1) is 0 Å². The van der Waals surface area contributed by atoms with Gasteiger partial charge in [-0.2, -0.15) is 0 Å². The zero-order valence-electron chi connectivity index (χ0n) is 12.7. The zero-order valence-corrected chi connectivity index (χ0v) is 12.7. The van der Waals surface area contributed by atoms with E-state index < -0.39 is 0 Å². The van der Waals surface area contributed by atoms with Gasteiger partial charge in [0, 0.05) is 25.2 Å². The summed E-state index contributed by atoms with van der Waals surface area (Å²) in [5.41, 5.74) is 3.01. The maximum Gasteiger partial charge on any atom is 0.0478 e. The molecule has 1 unspecified atom stereocenters. The van der Waals surface area contributed by atoms with Gasteiger partial charge in [-0.25, -0.2) is 0 Å². The van der Waals surface area contributed by atoms with Crippen molar-refractivity contribution in [1.29, 1.82) is 0 Å². The summed E-state index contributed by atoms with van der Waals surface area (Å²) >= 11 is 0. The molecule has 1 aromatic carbocycles. The van der Waals surface area contributed by atoms with E-state index in [4.69, 9.17) is 0 Å². The van der Waals surface area contributed by atoms with Crippen molar-refractivity contribution in [3.63, 3.8) is 0 Å². The number of rotatable bonds is 6. The molecular weight excluding hydrogens is 232 g/mol. The van der Waals surface area contributed by atoms with Crippen molar-refractivity contribution in [1.82, 2.24) is 10.2 Å².